The number of aryl methyl sites for hydroxylation is 2. The van der Waals surface area contributed by atoms with E-state index in [-0.39, 0.29) is 0 Å². The maximum atomic E-state index is 5.73. The van der Waals surface area contributed by atoms with Gasteiger partial charge in [-0.2, -0.15) is 5.10 Å². The van der Waals surface area contributed by atoms with Gasteiger partial charge in [-0.15, -0.1) is 0 Å². The topological polar surface area (TPSA) is 55.9 Å². The summed E-state index contributed by atoms with van der Waals surface area (Å²) in [4.78, 5) is 0. The molecule has 0 aliphatic heterocycles. The van der Waals surface area contributed by atoms with E-state index in [1.165, 1.54) is 36.9 Å². The Morgan fingerprint density at radius 1 is 1.41 bits per heavy atom. The van der Waals surface area contributed by atoms with Crippen LogP contribution in [-0.2, 0) is 13.5 Å². The van der Waals surface area contributed by atoms with Crippen molar-refractivity contribution in [2.24, 2.45) is 18.8 Å². The van der Waals surface area contributed by atoms with Crippen LogP contribution in [-0.4, -0.2) is 15.8 Å². The molecule has 3 N–H and O–H groups in total. The molecule has 1 unspecified atom stereocenters. The maximum Gasteiger partial charge on any atom is 0.0628 e. The zero-order valence-electron chi connectivity index (χ0n) is 11.2. The average Bonchev–Trinajstić information content (AvgIpc) is 2.89. The first-order chi connectivity index (χ1) is 8.13. The monoisotopic (exact) mass is 236 g/mol. The van der Waals surface area contributed by atoms with Crippen molar-refractivity contribution in [3.8, 4) is 0 Å². The van der Waals surface area contributed by atoms with E-state index in [1.54, 1.807) is 0 Å². The number of rotatable bonds is 4. The highest BCUT2D eigenvalue weighted by atomic mass is 15.3. The Bertz CT molecular complexity index is 377. The Balaban J connectivity index is 2.12. The lowest BCUT2D eigenvalue weighted by Gasteiger charge is -2.22. The van der Waals surface area contributed by atoms with Crippen LogP contribution in [0.1, 0.15) is 42.6 Å². The van der Waals surface area contributed by atoms with E-state index in [0.717, 1.165) is 18.0 Å². The Morgan fingerprint density at radius 3 is 2.53 bits per heavy atom. The Hall–Kier alpha value is -0.870. The van der Waals surface area contributed by atoms with Gasteiger partial charge in [0.05, 0.1) is 5.69 Å². The number of hydrogen-bond donors (Lipinski definition) is 2. The third-order valence-corrected chi connectivity index (χ3v) is 4.27. The van der Waals surface area contributed by atoms with Gasteiger partial charge in [0, 0.05) is 18.8 Å². The molecule has 0 radical (unpaired) electrons. The van der Waals surface area contributed by atoms with Crippen LogP contribution in [0.4, 0.5) is 0 Å². The van der Waals surface area contributed by atoms with Gasteiger partial charge in [-0.1, -0.05) is 12.8 Å². The van der Waals surface area contributed by atoms with E-state index in [9.17, 15) is 0 Å². The summed E-state index contributed by atoms with van der Waals surface area (Å²) in [6.07, 6.45) is 6.34. The molecule has 2 rings (SSSR count). The minimum absolute atomic E-state index is 0.402. The van der Waals surface area contributed by atoms with Crippen molar-refractivity contribution >= 4 is 0 Å². The summed E-state index contributed by atoms with van der Waals surface area (Å²) in [6.45, 7) is 4.22. The molecule has 1 fully saturated rings. The summed E-state index contributed by atoms with van der Waals surface area (Å²) in [5.74, 6) is 6.47. The normalized spacial score (nSPS) is 18.8. The fourth-order valence-electron chi connectivity index (χ4n) is 3.05. The van der Waals surface area contributed by atoms with Gasteiger partial charge in [0.25, 0.3) is 0 Å². The first kappa shape index (κ1) is 12.6. The predicted octanol–water partition coefficient (Wildman–Crippen LogP) is 1.60. The molecule has 4 heteroatoms. The van der Waals surface area contributed by atoms with E-state index < -0.39 is 0 Å². The van der Waals surface area contributed by atoms with Gasteiger partial charge in [-0.05, 0) is 44.6 Å². The van der Waals surface area contributed by atoms with Crippen LogP contribution in [0.15, 0.2) is 0 Å². The lowest BCUT2D eigenvalue weighted by molar-refractivity contribution is 0.360. The number of hydrazine groups is 1. The second-order valence-electron chi connectivity index (χ2n) is 5.29. The summed E-state index contributed by atoms with van der Waals surface area (Å²) in [5, 5.41) is 4.47. The summed E-state index contributed by atoms with van der Waals surface area (Å²) >= 11 is 0. The molecule has 0 saturated heterocycles. The third kappa shape index (κ3) is 2.53. The Morgan fingerprint density at radius 2 is 2.06 bits per heavy atom. The predicted molar refractivity (Wildman–Crippen MR) is 69.5 cm³/mol. The zero-order chi connectivity index (χ0) is 12.4. The number of nitrogens with zero attached hydrogens (tertiary/aromatic N) is 2. The molecule has 1 aromatic rings. The van der Waals surface area contributed by atoms with Gasteiger partial charge in [0.2, 0.25) is 0 Å². The van der Waals surface area contributed by atoms with Gasteiger partial charge in [0.15, 0.2) is 0 Å². The largest absolute Gasteiger partial charge is 0.272 e. The molecule has 0 amide bonds. The van der Waals surface area contributed by atoms with Crippen molar-refractivity contribution in [3.05, 3.63) is 17.0 Å². The zero-order valence-corrected chi connectivity index (χ0v) is 11.2. The Labute approximate surface area is 104 Å². The van der Waals surface area contributed by atoms with Crippen molar-refractivity contribution in [2.75, 3.05) is 0 Å². The van der Waals surface area contributed by atoms with Gasteiger partial charge in [-0.25, -0.2) is 0 Å². The molecule has 1 aliphatic rings. The van der Waals surface area contributed by atoms with E-state index >= 15 is 0 Å². The molecule has 96 valence electrons. The van der Waals surface area contributed by atoms with E-state index in [4.69, 9.17) is 5.84 Å². The smallest absolute Gasteiger partial charge is 0.0628 e. The quantitative estimate of drug-likeness (QED) is 0.617. The molecule has 1 aliphatic carbocycles. The van der Waals surface area contributed by atoms with Gasteiger partial charge in [-0.3, -0.25) is 16.0 Å². The summed E-state index contributed by atoms with van der Waals surface area (Å²) < 4.78 is 1.97. The fourth-order valence-corrected chi connectivity index (χ4v) is 3.05. The lowest BCUT2D eigenvalue weighted by atomic mass is 9.92. The van der Waals surface area contributed by atoms with Crippen molar-refractivity contribution in [1.82, 2.24) is 15.2 Å². The molecule has 4 nitrogen and oxygen atoms in total. The summed E-state index contributed by atoms with van der Waals surface area (Å²) in [5.41, 5.74) is 6.79. The Kier molecular flexibility index (Phi) is 3.84. The second-order valence-corrected chi connectivity index (χ2v) is 5.29. The van der Waals surface area contributed by atoms with Crippen LogP contribution in [0.25, 0.3) is 0 Å². The second kappa shape index (κ2) is 5.19. The molecule has 0 spiro atoms. The van der Waals surface area contributed by atoms with Crippen LogP contribution >= 0.6 is 0 Å². The van der Waals surface area contributed by atoms with Crippen molar-refractivity contribution in [1.29, 1.82) is 0 Å². The number of aromatic nitrogens is 2. The minimum Gasteiger partial charge on any atom is -0.272 e. The molecule has 1 atom stereocenters. The highest BCUT2D eigenvalue weighted by molar-refractivity contribution is 5.25. The lowest BCUT2D eigenvalue weighted by Crippen LogP contribution is -2.41. The molecular formula is C13H24N4. The summed E-state index contributed by atoms with van der Waals surface area (Å²) in [7, 11) is 2.01. The van der Waals surface area contributed by atoms with Gasteiger partial charge >= 0.3 is 0 Å². The first-order valence-electron chi connectivity index (χ1n) is 6.58. The highest BCUT2D eigenvalue weighted by Crippen LogP contribution is 2.29. The van der Waals surface area contributed by atoms with Gasteiger partial charge < -0.3 is 0 Å². The SMILES string of the molecule is Cc1nn(C)c(C)c1CC(NN)C1CCCC1. The molecule has 1 aromatic heterocycles. The molecule has 1 saturated carbocycles. The van der Waals surface area contributed by atoms with Crippen LogP contribution in [0.5, 0.6) is 0 Å². The number of hydrogen-bond acceptors (Lipinski definition) is 3. The van der Waals surface area contributed by atoms with Crippen LogP contribution in [0.3, 0.4) is 0 Å². The van der Waals surface area contributed by atoms with E-state index in [2.05, 4.69) is 24.4 Å². The fraction of sp³-hybridized carbons (Fsp3) is 0.769. The number of nitrogens with two attached hydrogens (primary N) is 1. The van der Waals surface area contributed by atoms with Crippen molar-refractivity contribution < 1.29 is 0 Å². The summed E-state index contributed by atoms with van der Waals surface area (Å²) in [6, 6.07) is 0.402. The van der Waals surface area contributed by atoms with Crippen LogP contribution in [0, 0.1) is 19.8 Å². The molecule has 0 bridgehead atoms. The molecular weight excluding hydrogens is 212 g/mol. The standard InChI is InChI=1S/C13H24N4/c1-9-12(10(2)17(3)16-9)8-13(15-14)11-6-4-5-7-11/h11,13,15H,4-8,14H2,1-3H3. The number of nitrogens with one attached hydrogen (secondary N) is 1. The molecule has 17 heavy (non-hydrogen) atoms. The van der Waals surface area contributed by atoms with Crippen LogP contribution < -0.4 is 11.3 Å². The maximum absolute atomic E-state index is 5.73. The minimum atomic E-state index is 0.402. The first-order valence-corrected chi connectivity index (χ1v) is 6.58. The third-order valence-electron chi connectivity index (χ3n) is 4.27. The average molecular weight is 236 g/mol. The molecule has 1 heterocycles. The van der Waals surface area contributed by atoms with E-state index in [0.29, 0.717) is 6.04 Å². The van der Waals surface area contributed by atoms with Crippen molar-refractivity contribution in [3.63, 3.8) is 0 Å². The van der Waals surface area contributed by atoms with E-state index in [1.807, 2.05) is 11.7 Å². The highest BCUT2D eigenvalue weighted by Gasteiger charge is 2.26. The van der Waals surface area contributed by atoms with Gasteiger partial charge in [0.1, 0.15) is 0 Å². The van der Waals surface area contributed by atoms with Crippen molar-refractivity contribution in [2.45, 2.75) is 52.0 Å². The van der Waals surface area contributed by atoms with Crippen LogP contribution in [0.2, 0.25) is 0 Å². The molecule has 0 aromatic carbocycles.